The first-order chi connectivity index (χ1) is 26.8. The lowest BCUT2D eigenvalue weighted by molar-refractivity contribution is -0.139. The normalized spacial score (nSPS) is 11.4. The van der Waals surface area contributed by atoms with Gasteiger partial charge in [0.15, 0.2) is 0 Å². The smallest absolute Gasteiger partial charge is 0.379 e. The summed E-state index contributed by atoms with van der Waals surface area (Å²) in [5.41, 5.74) is 0.297. The molecule has 0 unspecified atom stereocenters. The summed E-state index contributed by atoms with van der Waals surface area (Å²) in [7, 11) is 0. The van der Waals surface area contributed by atoms with Gasteiger partial charge in [0.25, 0.3) is 5.78 Å². The molecule has 0 aliphatic heterocycles. The molecule has 0 fully saturated rings. The van der Waals surface area contributed by atoms with Crippen molar-refractivity contribution in [3.63, 3.8) is 0 Å². The lowest BCUT2D eigenvalue weighted by atomic mass is 10.1. The summed E-state index contributed by atoms with van der Waals surface area (Å²) in [6, 6.07) is 8.27. The molecule has 14 heteroatoms. The van der Waals surface area contributed by atoms with Gasteiger partial charge in [-0.2, -0.15) is 0 Å². The van der Waals surface area contributed by atoms with Crippen molar-refractivity contribution in [1.29, 1.82) is 0 Å². The molecule has 54 heavy (non-hydrogen) atoms. The topological polar surface area (TPSA) is 145 Å². The summed E-state index contributed by atoms with van der Waals surface area (Å²) < 4.78 is 65.3. The van der Waals surface area contributed by atoms with Gasteiger partial charge in [-0.05, 0) is 6.42 Å². The Kier molecular flexibility index (Phi) is 38.9. The van der Waals surface area contributed by atoms with Crippen LogP contribution in [0.2, 0.25) is 0 Å². The summed E-state index contributed by atoms with van der Waals surface area (Å²) >= 11 is 0. The Morgan fingerprint density at radius 2 is 0.630 bits per heavy atom. The van der Waals surface area contributed by atoms with Crippen molar-refractivity contribution in [3.8, 4) is 0 Å². The number of hydrogen-bond acceptors (Lipinski definition) is 14. The van der Waals surface area contributed by atoms with Gasteiger partial charge < -0.3 is 56.8 Å². The van der Waals surface area contributed by atoms with Crippen molar-refractivity contribution in [2.45, 2.75) is 58.3 Å². The molecule has 0 spiro atoms. The number of ketones is 1. The summed E-state index contributed by atoms with van der Waals surface area (Å²) in [5, 5.41) is 0. The number of benzene rings is 1. The van der Waals surface area contributed by atoms with Gasteiger partial charge in [-0.15, -0.1) is 0 Å². The van der Waals surface area contributed by atoms with Crippen LogP contribution in [0.5, 0.6) is 0 Å². The minimum absolute atomic E-state index is 0.00185. The highest BCUT2D eigenvalue weighted by atomic mass is 16.6. The monoisotopic (exact) mass is 774 g/mol. The molecule has 1 aromatic carbocycles. The molecule has 0 N–H and O–H groups in total. The van der Waals surface area contributed by atoms with Crippen LogP contribution in [0.4, 0.5) is 0 Å². The zero-order valence-corrected chi connectivity index (χ0v) is 33.0. The van der Waals surface area contributed by atoms with Crippen LogP contribution in [-0.2, 0) is 61.6 Å². The molecule has 0 saturated carbocycles. The summed E-state index contributed by atoms with van der Waals surface area (Å²) in [6.45, 7) is 13.1. The van der Waals surface area contributed by atoms with E-state index in [2.05, 4.69) is 6.92 Å². The maximum Gasteiger partial charge on any atom is 0.379 e. The van der Waals surface area contributed by atoms with Gasteiger partial charge in [0.1, 0.15) is 6.61 Å². The van der Waals surface area contributed by atoms with E-state index in [0.29, 0.717) is 138 Å². The van der Waals surface area contributed by atoms with E-state index in [0.717, 1.165) is 13.0 Å². The van der Waals surface area contributed by atoms with Gasteiger partial charge in [-0.25, -0.2) is 4.79 Å². The SMILES string of the molecule is CCCCCCCCCCOCCOCCOCCOCCOCCOCCOCCOCCOCCOCCOCCOC(=O)C(=O)c1ccccc1. The molecule has 14 nitrogen and oxygen atoms in total. The molecular weight excluding hydrogens is 704 g/mol. The molecule has 0 radical (unpaired) electrons. The van der Waals surface area contributed by atoms with Gasteiger partial charge in [0, 0.05) is 12.2 Å². The third kappa shape index (κ3) is 35.6. The van der Waals surface area contributed by atoms with E-state index in [9.17, 15) is 9.59 Å². The van der Waals surface area contributed by atoms with Gasteiger partial charge in [0.2, 0.25) is 0 Å². The molecule has 0 amide bonds. The average Bonchev–Trinajstić information content (AvgIpc) is 3.19. The van der Waals surface area contributed by atoms with Crippen molar-refractivity contribution in [2.75, 3.05) is 152 Å². The van der Waals surface area contributed by atoms with Crippen LogP contribution >= 0.6 is 0 Å². The lowest BCUT2D eigenvalue weighted by Crippen LogP contribution is -2.20. The fourth-order valence-corrected chi connectivity index (χ4v) is 4.61. The van der Waals surface area contributed by atoms with E-state index in [1.807, 2.05) is 0 Å². The van der Waals surface area contributed by atoms with E-state index >= 15 is 0 Å². The molecule has 0 atom stereocenters. The molecule has 0 saturated heterocycles. The van der Waals surface area contributed by atoms with E-state index in [-0.39, 0.29) is 13.2 Å². The molecule has 0 heterocycles. The molecule has 0 bridgehead atoms. The van der Waals surface area contributed by atoms with Crippen LogP contribution in [0.1, 0.15) is 68.6 Å². The van der Waals surface area contributed by atoms with Crippen LogP contribution in [0.15, 0.2) is 30.3 Å². The second kappa shape index (κ2) is 42.1. The Balaban J connectivity index is 1.64. The summed E-state index contributed by atoms with van der Waals surface area (Å²) in [5.74, 6) is -1.57. The van der Waals surface area contributed by atoms with Crippen molar-refractivity contribution in [3.05, 3.63) is 35.9 Å². The fraction of sp³-hybridized carbons (Fsp3) is 0.800. The Labute approximate surface area is 324 Å². The molecule has 0 aromatic heterocycles. The number of unbranched alkanes of at least 4 members (excludes halogenated alkanes) is 7. The highest BCUT2D eigenvalue weighted by Crippen LogP contribution is 2.08. The number of Topliss-reactive ketones (excluding diaryl/α,β-unsaturated/α-hetero) is 1. The van der Waals surface area contributed by atoms with Crippen LogP contribution < -0.4 is 0 Å². The van der Waals surface area contributed by atoms with Crippen LogP contribution in [-0.4, -0.2) is 164 Å². The van der Waals surface area contributed by atoms with Gasteiger partial charge in [0.05, 0.1) is 139 Å². The third-order valence-electron chi connectivity index (χ3n) is 7.54. The number of carbonyl (C=O) groups excluding carboxylic acids is 2. The van der Waals surface area contributed by atoms with E-state index in [1.165, 1.54) is 44.9 Å². The molecular formula is C40H70O14. The second-order valence-electron chi connectivity index (χ2n) is 12.0. The zero-order chi connectivity index (χ0) is 38.7. The van der Waals surface area contributed by atoms with Crippen molar-refractivity contribution in [1.82, 2.24) is 0 Å². The molecule has 0 aliphatic carbocycles. The predicted molar refractivity (Wildman–Crippen MR) is 203 cm³/mol. The van der Waals surface area contributed by atoms with Gasteiger partial charge >= 0.3 is 5.97 Å². The average molecular weight is 775 g/mol. The predicted octanol–water partition coefficient (Wildman–Crippen LogP) is 4.74. The Morgan fingerprint density at radius 1 is 0.352 bits per heavy atom. The molecule has 1 aromatic rings. The maximum absolute atomic E-state index is 11.9. The van der Waals surface area contributed by atoms with E-state index < -0.39 is 11.8 Å². The number of hydrogen-bond donors (Lipinski definition) is 0. The summed E-state index contributed by atoms with van der Waals surface area (Å²) in [4.78, 5) is 23.6. The molecule has 1 rings (SSSR count). The quantitative estimate of drug-likeness (QED) is 0.0390. The fourth-order valence-electron chi connectivity index (χ4n) is 4.61. The van der Waals surface area contributed by atoms with Crippen molar-refractivity contribution >= 4 is 11.8 Å². The van der Waals surface area contributed by atoms with Gasteiger partial charge in [-0.1, -0.05) is 82.2 Å². The lowest BCUT2D eigenvalue weighted by Gasteiger charge is -2.09. The number of rotatable bonds is 44. The minimum Gasteiger partial charge on any atom is -0.457 e. The van der Waals surface area contributed by atoms with Crippen molar-refractivity contribution < 1.29 is 66.4 Å². The highest BCUT2D eigenvalue weighted by Gasteiger charge is 2.17. The van der Waals surface area contributed by atoms with E-state index in [4.69, 9.17) is 56.8 Å². The standard InChI is InChI=1S/C40H70O14/c1-2-3-4-5-6-7-8-12-15-43-16-17-44-18-19-45-20-21-46-22-23-47-24-25-48-26-27-49-28-29-50-30-31-51-32-33-52-34-35-53-36-37-54-40(42)39(41)38-13-10-9-11-14-38/h9-11,13-14H,2-8,12,15-37H2,1H3. The Hall–Kier alpha value is -2.08. The van der Waals surface area contributed by atoms with E-state index in [1.54, 1.807) is 30.3 Å². The largest absolute Gasteiger partial charge is 0.457 e. The zero-order valence-electron chi connectivity index (χ0n) is 33.0. The second-order valence-corrected chi connectivity index (χ2v) is 12.0. The Bertz CT molecular complexity index is 923. The number of carbonyl (C=O) groups is 2. The van der Waals surface area contributed by atoms with Crippen LogP contribution in [0.3, 0.4) is 0 Å². The maximum atomic E-state index is 11.9. The van der Waals surface area contributed by atoms with Gasteiger partial charge in [-0.3, -0.25) is 4.79 Å². The first-order valence-corrected chi connectivity index (χ1v) is 19.9. The van der Waals surface area contributed by atoms with Crippen molar-refractivity contribution in [2.24, 2.45) is 0 Å². The third-order valence-corrected chi connectivity index (χ3v) is 7.54. The number of esters is 1. The Morgan fingerprint density at radius 3 is 0.963 bits per heavy atom. The number of ether oxygens (including phenoxy) is 12. The summed E-state index contributed by atoms with van der Waals surface area (Å²) in [6.07, 6.45) is 10.5. The van der Waals surface area contributed by atoms with Crippen LogP contribution in [0, 0.1) is 0 Å². The molecule has 314 valence electrons. The molecule has 0 aliphatic rings. The van der Waals surface area contributed by atoms with Crippen LogP contribution in [0.25, 0.3) is 0 Å². The highest BCUT2D eigenvalue weighted by molar-refractivity contribution is 6.40. The minimum atomic E-state index is -0.896. The first kappa shape index (κ1) is 49.9. The first-order valence-electron chi connectivity index (χ1n) is 19.9.